The van der Waals surface area contributed by atoms with Gasteiger partial charge in [0.15, 0.2) is 5.78 Å². The van der Waals surface area contributed by atoms with Crippen molar-refractivity contribution in [2.24, 2.45) is 11.7 Å². The number of carbonyl (C=O) groups is 2. The number of ketones is 1. The molecule has 18 heavy (non-hydrogen) atoms. The predicted molar refractivity (Wildman–Crippen MR) is 73.8 cm³/mol. The van der Waals surface area contributed by atoms with Crippen LogP contribution in [-0.2, 0) is 9.59 Å². The lowest BCUT2D eigenvalue weighted by atomic mass is 10.0. The number of hydrogen-bond acceptors (Lipinski definition) is 3. The summed E-state index contributed by atoms with van der Waals surface area (Å²) in [4.78, 5) is 24.7. The fourth-order valence-electron chi connectivity index (χ4n) is 1.56. The molecular weight excluding hydrogens is 228 g/mol. The Morgan fingerprint density at radius 2 is 1.89 bits per heavy atom. The van der Waals surface area contributed by atoms with E-state index < -0.39 is 6.04 Å². The van der Waals surface area contributed by atoms with Crippen LogP contribution in [0.2, 0.25) is 0 Å². The summed E-state index contributed by atoms with van der Waals surface area (Å²) >= 11 is 0. The molecule has 1 amide bonds. The van der Waals surface area contributed by atoms with Crippen molar-refractivity contribution in [1.82, 2.24) is 4.90 Å². The van der Waals surface area contributed by atoms with Gasteiger partial charge in [-0.3, -0.25) is 14.5 Å². The summed E-state index contributed by atoms with van der Waals surface area (Å²) in [5, 5.41) is 0. The van der Waals surface area contributed by atoms with Crippen molar-refractivity contribution in [3.05, 3.63) is 24.4 Å². The Morgan fingerprint density at radius 3 is 2.17 bits per heavy atom. The van der Waals surface area contributed by atoms with E-state index in [0.717, 1.165) is 0 Å². The van der Waals surface area contributed by atoms with E-state index in [4.69, 9.17) is 5.73 Å². The van der Waals surface area contributed by atoms with Gasteiger partial charge in [-0.15, -0.1) is 0 Å². The van der Waals surface area contributed by atoms with Gasteiger partial charge in [0.2, 0.25) is 0 Å². The van der Waals surface area contributed by atoms with Crippen LogP contribution >= 0.6 is 0 Å². The van der Waals surface area contributed by atoms with Crippen molar-refractivity contribution in [3.8, 4) is 0 Å². The Morgan fingerprint density at radius 1 is 1.39 bits per heavy atom. The average molecular weight is 252 g/mol. The zero-order chi connectivity index (χ0) is 14.3. The highest BCUT2D eigenvalue weighted by Gasteiger charge is 2.32. The molecule has 0 saturated heterocycles. The number of hydrogen-bond donors (Lipinski definition) is 1. The molecule has 0 aromatic carbocycles. The summed E-state index contributed by atoms with van der Waals surface area (Å²) in [6.45, 7) is 11.7. The first-order valence-corrected chi connectivity index (χ1v) is 6.34. The van der Waals surface area contributed by atoms with Gasteiger partial charge >= 0.3 is 0 Å². The zero-order valence-corrected chi connectivity index (χ0v) is 11.8. The Balaban J connectivity index is 0.000000873. The van der Waals surface area contributed by atoms with Crippen molar-refractivity contribution in [1.29, 1.82) is 0 Å². The molecule has 2 N–H and O–H groups in total. The topological polar surface area (TPSA) is 63.4 Å². The van der Waals surface area contributed by atoms with Crippen molar-refractivity contribution >= 4 is 11.7 Å². The highest BCUT2D eigenvalue weighted by molar-refractivity contribution is 5.98. The van der Waals surface area contributed by atoms with Crippen LogP contribution in [0, 0.1) is 5.92 Å². The molecule has 0 bridgehead atoms. The molecule has 1 rings (SSSR count). The third-order valence-electron chi connectivity index (χ3n) is 2.40. The largest absolute Gasteiger partial charge is 0.328 e. The van der Waals surface area contributed by atoms with E-state index in [2.05, 4.69) is 20.4 Å². The highest BCUT2D eigenvalue weighted by Crippen LogP contribution is 2.18. The maximum atomic E-state index is 11.8. The van der Waals surface area contributed by atoms with Crippen LogP contribution in [-0.4, -0.2) is 29.2 Å². The van der Waals surface area contributed by atoms with Gasteiger partial charge in [-0.25, -0.2) is 0 Å². The quantitative estimate of drug-likeness (QED) is 0.830. The summed E-state index contributed by atoms with van der Waals surface area (Å²) in [5.41, 5.74) is 6.06. The number of nitrogens with zero attached hydrogens (tertiary/aromatic N) is 1. The summed E-state index contributed by atoms with van der Waals surface area (Å²) < 4.78 is 0. The maximum Gasteiger partial charge on any atom is 0.251 e. The molecule has 0 spiro atoms. The molecule has 0 fully saturated rings. The summed E-state index contributed by atoms with van der Waals surface area (Å²) in [7, 11) is 0. The second-order valence-corrected chi connectivity index (χ2v) is 4.55. The highest BCUT2D eigenvalue weighted by atomic mass is 16.2. The minimum Gasteiger partial charge on any atom is -0.328 e. The second-order valence-electron chi connectivity index (χ2n) is 4.55. The first-order chi connectivity index (χ1) is 8.40. The third kappa shape index (κ3) is 4.11. The predicted octanol–water partition coefficient (Wildman–Crippen LogP) is 1.87. The first-order valence-electron chi connectivity index (χ1n) is 6.34. The van der Waals surface area contributed by atoms with Crippen LogP contribution in [0.4, 0.5) is 0 Å². The number of Topliss-reactive ketones (excluding diaryl/α,β-unsaturated/α-hetero) is 1. The maximum absolute atomic E-state index is 11.8. The summed E-state index contributed by atoms with van der Waals surface area (Å²) in [6, 6.07) is -0.583. The molecule has 0 aliphatic carbocycles. The van der Waals surface area contributed by atoms with Crippen molar-refractivity contribution < 1.29 is 9.59 Å². The van der Waals surface area contributed by atoms with E-state index in [1.807, 2.05) is 0 Å². The van der Waals surface area contributed by atoms with Gasteiger partial charge in [-0.1, -0.05) is 40.7 Å². The number of allylic oxidation sites excluding steroid dienone is 1. The molecule has 1 heterocycles. The summed E-state index contributed by atoms with van der Waals surface area (Å²) in [6.07, 6.45) is 4.25. The van der Waals surface area contributed by atoms with E-state index in [1.165, 1.54) is 17.4 Å². The van der Waals surface area contributed by atoms with E-state index >= 15 is 0 Å². The van der Waals surface area contributed by atoms with E-state index in [-0.39, 0.29) is 24.2 Å². The van der Waals surface area contributed by atoms with E-state index in [1.54, 1.807) is 19.9 Å². The number of amides is 1. The molecular formula is C14H24N2O2. The van der Waals surface area contributed by atoms with Gasteiger partial charge in [0.25, 0.3) is 5.91 Å². The minimum absolute atomic E-state index is 0.0318. The van der Waals surface area contributed by atoms with Gasteiger partial charge in [0.1, 0.15) is 6.04 Å². The van der Waals surface area contributed by atoms with E-state index in [0.29, 0.717) is 5.70 Å². The van der Waals surface area contributed by atoms with Crippen LogP contribution in [0.1, 0.15) is 34.1 Å². The Hall–Kier alpha value is -1.42. The van der Waals surface area contributed by atoms with Crippen LogP contribution in [0.5, 0.6) is 0 Å². The first kappa shape index (κ1) is 16.6. The fourth-order valence-corrected chi connectivity index (χ4v) is 1.56. The van der Waals surface area contributed by atoms with Crippen LogP contribution < -0.4 is 5.73 Å². The van der Waals surface area contributed by atoms with Crippen LogP contribution in [0.25, 0.3) is 0 Å². The van der Waals surface area contributed by atoms with E-state index in [9.17, 15) is 9.59 Å². The van der Waals surface area contributed by atoms with Gasteiger partial charge in [-0.05, 0) is 6.08 Å². The number of rotatable bonds is 4. The average Bonchev–Trinajstić information content (AvgIpc) is 2.62. The number of carbonyl (C=O) groups excluding carboxylic acids is 2. The van der Waals surface area contributed by atoms with Crippen molar-refractivity contribution in [2.75, 3.05) is 6.54 Å². The second kappa shape index (κ2) is 7.82. The Labute approximate surface area is 110 Å². The molecule has 4 heteroatoms. The van der Waals surface area contributed by atoms with Gasteiger partial charge in [0, 0.05) is 24.2 Å². The van der Waals surface area contributed by atoms with Gasteiger partial charge < -0.3 is 5.73 Å². The lowest BCUT2D eigenvalue weighted by Crippen LogP contribution is -2.47. The Bertz CT molecular complexity index is 328. The monoisotopic (exact) mass is 252 g/mol. The summed E-state index contributed by atoms with van der Waals surface area (Å²) in [5.74, 6) is -0.389. The van der Waals surface area contributed by atoms with Gasteiger partial charge in [0.05, 0.1) is 0 Å². The SMILES string of the molecule is C=C1C=CC(=O)N1C(CN)C(=O)C(C)C.CCC. The van der Waals surface area contributed by atoms with Crippen molar-refractivity contribution in [2.45, 2.75) is 40.2 Å². The molecule has 4 nitrogen and oxygen atoms in total. The molecule has 0 aromatic heterocycles. The standard InChI is InChI=1S/C11H16N2O2.C3H8/c1-7(2)11(15)9(6-12)13-8(3)4-5-10(13)14;1-3-2/h4-5,7,9H,3,6,12H2,1-2H3;3H2,1-2H3. The lowest BCUT2D eigenvalue weighted by Gasteiger charge is -2.27. The molecule has 102 valence electrons. The molecule has 1 aliphatic rings. The van der Waals surface area contributed by atoms with Crippen LogP contribution in [0.3, 0.4) is 0 Å². The molecule has 1 aliphatic heterocycles. The minimum atomic E-state index is -0.583. The molecule has 0 aromatic rings. The molecule has 0 radical (unpaired) electrons. The van der Waals surface area contributed by atoms with Gasteiger partial charge in [-0.2, -0.15) is 0 Å². The Kier molecular flexibility index (Phi) is 7.20. The van der Waals surface area contributed by atoms with Crippen LogP contribution in [0.15, 0.2) is 24.4 Å². The number of nitrogens with two attached hydrogens (primary N) is 1. The third-order valence-corrected chi connectivity index (χ3v) is 2.40. The smallest absolute Gasteiger partial charge is 0.251 e. The molecule has 1 unspecified atom stereocenters. The normalized spacial score (nSPS) is 15.8. The molecule has 1 atom stereocenters. The fraction of sp³-hybridized carbons (Fsp3) is 0.571. The lowest BCUT2D eigenvalue weighted by molar-refractivity contribution is -0.134. The van der Waals surface area contributed by atoms with Crippen molar-refractivity contribution in [3.63, 3.8) is 0 Å². The zero-order valence-electron chi connectivity index (χ0n) is 11.8. The molecule has 0 saturated carbocycles.